The van der Waals surface area contributed by atoms with Crippen molar-refractivity contribution in [3.63, 3.8) is 0 Å². The van der Waals surface area contributed by atoms with Crippen molar-refractivity contribution in [2.75, 3.05) is 26.2 Å². The Kier molecular flexibility index (Phi) is 5.79. The molecule has 0 aliphatic carbocycles. The third-order valence-electron chi connectivity index (χ3n) is 5.57. The molecule has 0 aromatic carbocycles. The lowest BCUT2D eigenvalue weighted by molar-refractivity contribution is 0.0894. The van der Waals surface area contributed by atoms with E-state index in [9.17, 15) is 4.79 Å². The van der Waals surface area contributed by atoms with E-state index in [1.807, 2.05) is 23.0 Å². The Morgan fingerprint density at radius 1 is 1.22 bits per heavy atom. The van der Waals surface area contributed by atoms with Crippen molar-refractivity contribution in [3.05, 3.63) is 48.0 Å². The molecular weight excluding hydrogens is 340 g/mol. The minimum atomic E-state index is 0.00350. The number of nitrogens with one attached hydrogen (secondary N) is 2. The van der Waals surface area contributed by atoms with Crippen molar-refractivity contribution in [2.45, 2.75) is 44.3 Å². The largest absolute Gasteiger partial charge is 0.348 e. The molecule has 0 radical (unpaired) electrons. The van der Waals surface area contributed by atoms with Gasteiger partial charge in [0.2, 0.25) is 0 Å². The van der Waals surface area contributed by atoms with Gasteiger partial charge in [-0.05, 0) is 49.9 Å². The molecule has 144 valence electrons. The third-order valence-corrected chi connectivity index (χ3v) is 5.57. The summed E-state index contributed by atoms with van der Waals surface area (Å²) < 4.78 is 1.90. The number of hydrogen-bond donors (Lipinski definition) is 2. The Bertz CT molecular complexity index is 732. The second-order valence-electron chi connectivity index (χ2n) is 7.55. The molecule has 0 bridgehead atoms. The first-order valence-electron chi connectivity index (χ1n) is 9.96. The summed E-state index contributed by atoms with van der Waals surface area (Å²) in [6.07, 6.45) is 9.62. The maximum Gasteiger partial charge on any atom is 0.269 e. The van der Waals surface area contributed by atoms with Gasteiger partial charge in [0.15, 0.2) is 0 Å². The molecule has 0 saturated carbocycles. The molecule has 1 atom stereocenters. The van der Waals surface area contributed by atoms with Crippen LogP contribution in [0.15, 0.2) is 36.8 Å². The molecule has 2 N–H and O–H groups in total. The van der Waals surface area contributed by atoms with Crippen LogP contribution in [-0.4, -0.2) is 57.8 Å². The molecule has 2 aliphatic heterocycles. The van der Waals surface area contributed by atoms with Crippen LogP contribution in [0, 0.1) is 0 Å². The van der Waals surface area contributed by atoms with E-state index in [0.29, 0.717) is 5.69 Å². The van der Waals surface area contributed by atoms with Gasteiger partial charge in [-0.3, -0.25) is 19.4 Å². The highest BCUT2D eigenvalue weighted by molar-refractivity contribution is 5.92. The Balaban J connectivity index is 1.29. The molecular formula is C20H28N6O. The van der Waals surface area contributed by atoms with E-state index < -0.39 is 0 Å². The Morgan fingerprint density at radius 2 is 2.11 bits per heavy atom. The first-order chi connectivity index (χ1) is 13.3. The molecule has 2 aromatic rings. The van der Waals surface area contributed by atoms with Crippen LogP contribution in [0.5, 0.6) is 0 Å². The predicted octanol–water partition coefficient (Wildman–Crippen LogP) is 1.60. The number of aromatic nitrogens is 3. The summed E-state index contributed by atoms with van der Waals surface area (Å²) in [6.45, 7) is 4.85. The first-order valence-corrected chi connectivity index (χ1v) is 9.96. The lowest BCUT2D eigenvalue weighted by atomic mass is 10.0. The molecule has 0 spiro atoms. The SMILES string of the molecule is O=C(NC1CCN(Cc2cccnc2)CC1)c1ccnn1C1CCCNC1. The standard InChI is InChI=1S/C20H28N6O/c27-20(19-5-10-23-26(19)18-4-2-9-22-14-18)24-17-6-11-25(12-7-17)15-16-3-1-8-21-13-16/h1,3,5,8,10,13,17-18,22H,2,4,6-7,9,11-12,14-15H2,(H,24,27). The summed E-state index contributed by atoms with van der Waals surface area (Å²) >= 11 is 0. The van der Waals surface area contributed by atoms with Gasteiger partial charge in [-0.1, -0.05) is 6.07 Å². The van der Waals surface area contributed by atoms with E-state index in [4.69, 9.17) is 0 Å². The van der Waals surface area contributed by atoms with Crippen molar-refractivity contribution < 1.29 is 4.79 Å². The number of carbonyl (C=O) groups excluding carboxylic acids is 1. The summed E-state index contributed by atoms with van der Waals surface area (Å²) in [5, 5.41) is 11.0. The molecule has 27 heavy (non-hydrogen) atoms. The quantitative estimate of drug-likeness (QED) is 0.838. The maximum atomic E-state index is 12.8. The second kappa shape index (κ2) is 8.63. The maximum absolute atomic E-state index is 12.8. The monoisotopic (exact) mass is 368 g/mol. The molecule has 1 unspecified atom stereocenters. The lowest BCUT2D eigenvalue weighted by Crippen LogP contribution is -2.45. The van der Waals surface area contributed by atoms with Gasteiger partial charge in [0.05, 0.1) is 6.04 Å². The first kappa shape index (κ1) is 18.1. The molecule has 1 amide bonds. The molecule has 2 saturated heterocycles. The van der Waals surface area contributed by atoms with Crippen LogP contribution in [0.2, 0.25) is 0 Å². The van der Waals surface area contributed by atoms with Crippen LogP contribution in [0.1, 0.15) is 47.8 Å². The van der Waals surface area contributed by atoms with E-state index >= 15 is 0 Å². The van der Waals surface area contributed by atoms with E-state index in [0.717, 1.165) is 58.4 Å². The van der Waals surface area contributed by atoms with Crippen LogP contribution in [0.25, 0.3) is 0 Å². The summed E-state index contributed by atoms with van der Waals surface area (Å²) in [5.41, 5.74) is 1.92. The highest BCUT2D eigenvalue weighted by Crippen LogP contribution is 2.19. The van der Waals surface area contributed by atoms with Gasteiger partial charge < -0.3 is 10.6 Å². The Morgan fingerprint density at radius 3 is 2.85 bits per heavy atom. The van der Waals surface area contributed by atoms with Gasteiger partial charge in [0, 0.05) is 50.8 Å². The van der Waals surface area contributed by atoms with E-state index in [-0.39, 0.29) is 18.0 Å². The fraction of sp³-hybridized carbons (Fsp3) is 0.550. The second-order valence-corrected chi connectivity index (χ2v) is 7.55. The number of pyridine rings is 1. The van der Waals surface area contributed by atoms with Gasteiger partial charge in [0.25, 0.3) is 5.91 Å². The topological polar surface area (TPSA) is 75.1 Å². The van der Waals surface area contributed by atoms with Crippen LogP contribution < -0.4 is 10.6 Å². The van der Waals surface area contributed by atoms with Crippen molar-refractivity contribution >= 4 is 5.91 Å². The normalized spacial score (nSPS) is 21.9. The smallest absolute Gasteiger partial charge is 0.269 e. The summed E-state index contributed by atoms with van der Waals surface area (Å²) in [6, 6.07) is 6.43. The minimum absolute atomic E-state index is 0.00350. The van der Waals surface area contributed by atoms with Crippen molar-refractivity contribution in [2.24, 2.45) is 0 Å². The summed E-state index contributed by atoms with van der Waals surface area (Å²) in [4.78, 5) is 19.4. The highest BCUT2D eigenvalue weighted by atomic mass is 16.2. The number of carbonyl (C=O) groups is 1. The number of rotatable bonds is 5. The predicted molar refractivity (Wildman–Crippen MR) is 103 cm³/mol. The molecule has 2 aliphatic rings. The van der Waals surface area contributed by atoms with Gasteiger partial charge in [-0.15, -0.1) is 0 Å². The van der Waals surface area contributed by atoms with Crippen LogP contribution in [0.4, 0.5) is 0 Å². The number of piperidine rings is 2. The Labute approximate surface area is 160 Å². The van der Waals surface area contributed by atoms with Crippen molar-refractivity contribution in [3.8, 4) is 0 Å². The minimum Gasteiger partial charge on any atom is -0.348 e. The molecule has 7 heteroatoms. The van der Waals surface area contributed by atoms with E-state index in [1.165, 1.54) is 5.56 Å². The lowest BCUT2D eigenvalue weighted by Gasteiger charge is -2.32. The zero-order valence-corrected chi connectivity index (χ0v) is 15.7. The zero-order valence-electron chi connectivity index (χ0n) is 15.7. The average molecular weight is 368 g/mol. The van der Waals surface area contributed by atoms with Gasteiger partial charge in [0.1, 0.15) is 5.69 Å². The summed E-state index contributed by atoms with van der Waals surface area (Å²) in [7, 11) is 0. The number of amides is 1. The third kappa shape index (κ3) is 4.54. The molecule has 7 nitrogen and oxygen atoms in total. The van der Waals surface area contributed by atoms with Crippen LogP contribution in [0.3, 0.4) is 0 Å². The zero-order chi connectivity index (χ0) is 18.5. The van der Waals surface area contributed by atoms with Crippen LogP contribution in [-0.2, 0) is 6.54 Å². The molecule has 4 rings (SSSR count). The number of hydrogen-bond acceptors (Lipinski definition) is 5. The fourth-order valence-corrected chi connectivity index (χ4v) is 4.07. The molecule has 2 aromatic heterocycles. The average Bonchev–Trinajstić information content (AvgIpc) is 3.21. The highest BCUT2D eigenvalue weighted by Gasteiger charge is 2.25. The molecule has 2 fully saturated rings. The number of nitrogens with zero attached hydrogens (tertiary/aromatic N) is 4. The number of likely N-dealkylation sites (tertiary alicyclic amines) is 1. The fourth-order valence-electron chi connectivity index (χ4n) is 4.07. The Hall–Kier alpha value is -2.25. The van der Waals surface area contributed by atoms with Crippen molar-refractivity contribution in [1.82, 2.24) is 30.3 Å². The summed E-state index contributed by atoms with van der Waals surface area (Å²) in [5.74, 6) is 0.00350. The van der Waals surface area contributed by atoms with Gasteiger partial charge >= 0.3 is 0 Å². The van der Waals surface area contributed by atoms with Gasteiger partial charge in [-0.2, -0.15) is 5.10 Å². The van der Waals surface area contributed by atoms with Gasteiger partial charge in [-0.25, -0.2) is 0 Å². The molecule has 4 heterocycles. The van der Waals surface area contributed by atoms with Crippen LogP contribution >= 0.6 is 0 Å². The van der Waals surface area contributed by atoms with E-state index in [1.54, 1.807) is 12.4 Å². The van der Waals surface area contributed by atoms with E-state index in [2.05, 4.69) is 31.7 Å². The van der Waals surface area contributed by atoms with Crippen molar-refractivity contribution in [1.29, 1.82) is 0 Å².